The number of aliphatic hydroxyl groups excluding tert-OH is 1. The number of aliphatic hydroxyl groups is 1. The Kier molecular flexibility index (Phi) is 3.92. The SMILES string of the molecule is COC(C)(C)CCC(O)CC12CC3CC(CC(C3)C1)C2. The molecule has 0 radical (unpaired) electrons. The maximum atomic E-state index is 10.5. The minimum Gasteiger partial charge on any atom is -0.393 e. The average Bonchev–Trinajstić information content (AvgIpc) is 2.34. The summed E-state index contributed by atoms with van der Waals surface area (Å²) in [5, 5.41) is 10.5. The van der Waals surface area contributed by atoms with Gasteiger partial charge < -0.3 is 9.84 Å². The van der Waals surface area contributed by atoms with E-state index in [9.17, 15) is 5.11 Å². The molecule has 20 heavy (non-hydrogen) atoms. The van der Waals surface area contributed by atoms with E-state index < -0.39 is 0 Å². The Hall–Kier alpha value is -0.0800. The summed E-state index contributed by atoms with van der Waals surface area (Å²) >= 11 is 0. The number of ether oxygens (including phenoxy) is 1. The number of rotatable bonds is 6. The molecule has 0 aromatic carbocycles. The maximum Gasteiger partial charge on any atom is 0.0623 e. The van der Waals surface area contributed by atoms with E-state index in [0.717, 1.165) is 37.0 Å². The fraction of sp³-hybridized carbons (Fsp3) is 1.00. The Morgan fingerprint density at radius 3 is 2.05 bits per heavy atom. The Morgan fingerprint density at radius 2 is 1.60 bits per heavy atom. The molecule has 0 aromatic rings. The standard InChI is InChI=1S/C18H32O2/c1-17(2,20-3)5-4-16(19)12-18-9-13-6-14(10-18)8-15(7-13)11-18/h13-16,19H,4-12H2,1-3H3. The molecule has 0 heterocycles. The third kappa shape index (κ3) is 3.06. The van der Waals surface area contributed by atoms with Crippen LogP contribution in [-0.4, -0.2) is 23.9 Å². The smallest absolute Gasteiger partial charge is 0.0623 e. The quantitative estimate of drug-likeness (QED) is 0.791. The van der Waals surface area contributed by atoms with Gasteiger partial charge in [-0.25, -0.2) is 0 Å². The molecule has 0 spiro atoms. The van der Waals surface area contributed by atoms with Crippen LogP contribution in [0.1, 0.15) is 71.6 Å². The number of hydrogen-bond donors (Lipinski definition) is 1. The largest absolute Gasteiger partial charge is 0.393 e. The normalized spacial score (nSPS) is 41.1. The monoisotopic (exact) mass is 280 g/mol. The Morgan fingerprint density at radius 1 is 1.10 bits per heavy atom. The van der Waals surface area contributed by atoms with Crippen LogP contribution in [0.15, 0.2) is 0 Å². The van der Waals surface area contributed by atoms with Gasteiger partial charge in [0.2, 0.25) is 0 Å². The highest BCUT2D eigenvalue weighted by Crippen LogP contribution is 2.61. The molecule has 0 aliphatic heterocycles. The molecule has 1 atom stereocenters. The van der Waals surface area contributed by atoms with Gasteiger partial charge in [0.1, 0.15) is 0 Å². The van der Waals surface area contributed by atoms with E-state index in [2.05, 4.69) is 13.8 Å². The van der Waals surface area contributed by atoms with Crippen LogP contribution < -0.4 is 0 Å². The molecular weight excluding hydrogens is 248 g/mol. The highest BCUT2D eigenvalue weighted by Gasteiger charge is 2.51. The summed E-state index contributed by atoms with van der Waals surface area (Å²) < 4.78 is 5.47. The third-order valence-electron chi connectivity index (χ3n) is 6.47. The van der Waals surface area contributed by atoms with Crippen molar-refractivity contribution < 1.29 is 9.84 Å². The van der Waals surface area contributed by atoms with Crippen LogP contribution in [0.4, 0.5) is 0 Å². The fourth-order valence-electron chi connectivity index (χ4n) is 5.76. The summed E-state index contributed by atoms with van der Waals surface area (Å²) in [7, 11) is 1.77. The van der Waals surface area contributed by atoms with Crippen molar-refractivity contribution in [2.24, 2.45) is 23.2 Å². The van der Waals surface area contributed by atoms with Crippen LogP contribution in [0.2, 0.25) is 0 Å². The molecule has 4 bridgehead atoms. The lowest BCUT2D eigenvalue weighted by Crippen LogP contribution is -2.47. The topological polar surface area (TPSA) is 29.5 Å². The molecule has 1 N–H and O–H groups in total. The van der Waals surface area contributed by atoms with E-state index in [0.29, 0.717) is 5.41 Å². The summed E-state index contributed by atoms with van der Waals surface area (Å²) in [6.45, 7) is 4.23. The van der Waals surface area contributed by atoms with E-state index in [4.69, 9.17) is 4.74 Å². The van der Waals surface area contributed by atoms with Gasteiger partial charge in [0, 0.05) is 7.11 Å². The first kappa shape index (κ1) is 14.8. The molecule has 2 nitrogen and oxygen atoms in total. The van der Waals surface area contributed by atoms with Crippen LogP contribution in [-0.2, 0) is 4.74 Å². The second-order valence-electron chi connectivity index (χ2n) is 8.78. The molecular formula is C18H32O2. The second kappa shape index (κ2) is 5.28. The molecule has 4 fully saturated rings. The van der Waals surface area contributed by atoms with Crippen molar-refractivity contribution in [3.63, 3.8) is 0 Å². The van der Waals surface area contributed by atoms with Gasteiger partial charge in [0.15, 0.2) is 0 Å². The summed E-state index contributed by atoms with van der Waals surface area (Å²) in [5.74, 6) is 2.97. The van der Waals surface area contributed by atoms with Crippen molar-refractivity contribution in [1.82, 2.24) is 0 Å². The molecule has 4 aliphatic rings. The highest BCUT2D eigenvalue weighted by molar-refractivity contribution is 5.02. The van der Waals surface area contributed by atoms with Crippen LogP contribution in [0, 0.1) is 23.2 Å². The molecule has 116 valence electrons. The Labute approximate surface area is 124 Å². The van der Waals surface area contributed by atoms with Gasteiger partial charge in [-0.3, -0.25) is 0 Å². The Bertz CT molecular complexity index is 312. The zero-order valence-electron chi connectivity index (χ0n) is 13.5. The summed E-state index contributed by atoms with van der Waals surface area (Å²) in [6, 6.07) is 0. The molecule has 0 saturated heterocycles. The summed E-state index contributed by atoms with van der Waals surface area (Å²) in [4.78, 5) is 0. The second-order valence-corrected chi connectivity index (χ2v) is 8.78. The molecule has 0 aromatic heterocycles. The van der Waals surface area contributed by atoms with Gasteiger partial charge >= 0.3 is 0 Å². The first-order chi connectivity index (χ1) is 9.40. The van der Waals surface area contributed by atoms with Crippen LogP contribution in [0.3, 0.4) is 0 Å². The van der Waals surface area contributed by atoms with Crippen molar-refractivity contribution in [2.45, 2.75) is 83.3 Å². The van der Waals surface area contributed by atoms with Gasteiger partial charge in [-0.15, -0.1) is 0 Å². The lowest BCUT2D eigenvalue weighted by molar-refractivity contribution is -0.0799. The minimum atomic E-state index is -0.124. The molecule has 0 amide bonds. The fourth-order valence-corrected chi connectivity index (χ4v) is 5.76. The predicted molar refractivity (Wildman–Crippen MR) is 81.6 cm³/mol. The lowest BCUT2D eigenvalue weighted by atomic mass is 9.48. The molecule has 4 aliphatic carbocycles. The van der Waals surface area contributed by atoms with Gasteiger partial charge in [0.25, 0.3) is 0 Å². The van der Waals surface area contributed by atoms with Gasteiger partial charge in [-0.05, 0) is 94.8 Å². The summed E-state index contributed by atoms with van der Waals surface area (Å²) in [5.41, 5.74) is 0.411. The van der Waals surface area contributed by atoms with E-state index in [1.54, 1.807) is 7.11 Å². The zero-order chi connectivity index (χ0) is 14.4. The van der Waals surface area contributed by atoms with Crippen molar-refractivity contribution in [3.05, 3.63) is 0 Å². The van der Waals surface area contributed by atoms with Crippen LogP contribution in [0.5, 0.6) is 0 Å². The van der Waals surface area contributed by atoms with E-state index >= 15 is 0 Å². The average molecular weight is 280 g/mol. The zero-order valence-corrected chi connectivity index (χ0v) is 13.5. The maximum absolute atomic E-state index is 10.5. The highest BCUT2D eigenvalue weighted by atomic mass is 16.5. The lowest BCUT2D eigenvalue weighted by Gasteiger charge is -2.57. The van der Waals surface area contributed by atoms with E-state index in [1.807, 2.05) is 0 Å². The van der Waals surface area contributed by atoms with E-state index in [-0.39, 0.29) is 11.7 Å². The van der Waals surface area contributed by atoms with Gasteiger partial charge in [-0.2, -0.15) is 0 Å². The predicted octanol–water partition coefficient (Wildman–Crippen LogP) is 4.16. The third-order valence-corrected chi connectivity index (χ3v) is 6.47. The summed E-state index contributed by atoms with van der Waals surface area (Å²) in [6.07, 6.45) is 11.5. The van der Waals surface area contributed by atoms with Crippen LogP contribution >= 0.6 is 0 Å². The van der Waals surface area contributed by atoms with Crippen molar-refractivity contribution >= 4 is 0 Å². The minimum absolute atomic E-state index is 0.0948. The molecule has 1 unspecified atom stereocenters. The molecule has 4 saturated carbocycles. The van der Waals surface area contributed by atoms with Gasteiger partial charge in [0.05, 0.1) is 11.7 Å². The van der Waals surface area contributed by atoms with Crippen LogP contribution in [0.25, 0.3) is 0 Å². The van der Waals surface area contributed by atoms with Crippen molar-refractivity contribution in [3.8, 4) is 0 Å². The Balaban J connectivity index is 1.55. The molecule has 4 rings (SSSR count). The first-order valence-corrected chi connectivity index (χ1v) is 8.63. The van der Waals surface area contributed by atoms with Gasteiger partial charge in [-0.1, -0.05) is 0 Å². The van der Waals surface area contributed by atoms with E-state index in [1.165, 1.54) is 38.5 Å². The number of hydrogen-bond acceptors (Lipinski definition) is 2. The van der Waals surface area contributed by atoms with Crippen molar-refractivity contribution in [1.29, 1.82) is 0 Å². The molecule has 2 heteroatoms. The van der Waals surface area contributed by atoms with Crippen molar-refractivity contribution in [2.75, 3.05) is 7.11 Å². The number of methoxy groups -OCH3 is 1. The first-order valence-electron chi connectivity index (χ1n) is 8.63.